The zero-order chi connectivity index (χ0) is 17.7. The molecule has 0 saturated heterocycles. The third-order valence-electron chi connectivity index (χ3n) is 3.48. The third kappa shape index (κ3) is 4.28. The quantitative estimate of drug-likeness (QED) is 0.790. The van der Waals surface area contributed by atoms with Crippen LogP contribution in [0.4, 0.5) is 0 Å². The number of hydrogen-bond donors (Lipinski definition) is 1. The summed E-state index contributed by atoms with van der Waals surface area (Å²) in [4.78, 5) is 35.2. The molecule has 0 spiro atoms. The molecule has 126 valence electrons. The van der Waals surface area contributed by atoms with Gasteiger partial charge in [0.1, 0.15) is 5.69 Å². The van der Waals surface area contributed by atoms with Crippen molar-refractivity contribution in [3.63, 3.8) is 0 Å². The lowest BCUT2D eigenvalue weighted by molar-refractivity contribution is -0.309. The van der Waals surface area contributed by atoms with Crippen LogP contribution < -0.4 is 16.0 Å². The van der Waals surface area contributed by atoms with Crippen molar-refractivity contribution in [2.24, 2.45) is 5.92 Å². The molecule has 0 aliphatic heterocycles. The van der Waals surface area contributed by atoms with Crippen LogP contribution in [0.5, 0.6) is 0 Å². The highest BCUT2D eigenvalue weighted by Crippen LogP contribution is 2.03. The summed E-state index contributed by atoms with van der Waals surface area (Å²) in [6, 6.07) is 10.6. The first-order valence-electron chi connectivity index (χ1n) is 7.52. The van der Waals surface area contributed by atoms with E-state index in [4.69, 9.17) is 0 Å². The molecule has 1 N–H and O–H groups in total. The summed E-state index contributed by atoms with van der Waals surface area (Å²) in [6.45, 7) is 3.53. The smallest absolute Gasteiger partial charge is 0.272 e. The van der Waals surface area contributed by atoms with Gasteiger partial charge in [-0.15, -0.1) is 0 Å². The van der Waals surface area contributed by atoms with Gasteiger partial charge >= 0.3 is 0 Å². The van der Waals surface area contributed by atoms with Crippen molar-refractivity contribution in [3.05, 3.63) is 64.1 Å². The Balaban J connectivity index is 2.22. The van der Waals surface area contributed by atoms with E-state index in [1.165, 1.54) is 12.1 Å². The van der Waals surface area contributed by atoms with Gasteiger partial charge in [0.05, 0.1) is 18.6 Å². The Morgan fingerprint density at radius 1 is 1.17 bits per heavy atom. The van der Waals surface area contributed by atoms with E-state index in [-0.39, 0.29) is 23.7 Å². The molecule has 2 rings (SSSR count). The van der Waals surface area contributed by atoms with Crippen LogP contribution >= 0.6 is 0 Å². The molecule has 7 nitrogen and oxygen atoms in total. The average molecular weight is 328 g/mol. The Hall–Kier alpha value is -2.96. The molecule has 1 aromatic heterocycles. The monoisotopic (exact) mass is 328 g/mol. The molecular formula is C17H18N3O4-. The van der Waals surface area contributed by atoms with Crippen LogP contribution in [0.15, 0.2) is 47.3 Å². The number of hydrogen-bond acceptors (Lipinski definition) is 5. The first-order valence-corrected chi connectivity index (χ1v) is 7.52. The van der Waals surface area contributed by atoms with Crippen LogP contribution in [0.2, 0.25) is 0 Å². The molecular weight excluding hydrogens is 310 g/mol. The minimum Gasteiger partial charge on any atom is -0.548 e. The second-order valence-corrected chi connectivity index (χ2v) is 5.71. The predicted molar refractivity (Wildman–Crippen MR) is 85.1 cm³/mol. The number of carboxylic acid groups (broad SMARTS) is 1. The summed E-state index contributed by atoms with van der Waals surface area (Å²) in [5, 5.41) is 17.5. The molecule has 0 aliphatic carbocycles. The van der Waals surface area contributed by atoms with Gasteiger partial charge in [-0.25, -0.2) is 4.68 Å². The standard InChI is InChI=1S/C17H19N3O4/c1-11(2)15(17(23)24)18-16(22)13-8-9-14(21)20(19-13)10-12-6-4-3-5-7-12/h3-9,11,15H,10H2,1-2H3,(H,18,22)(H,23,24)/p-1/t15-/m0/s1. The number of aromatic nitrogens is 2. The van der Waals surface area contributed by atoms with Crippen molar-refractivity contribution in [2.45, 2.75) is 26.4 Å². The maximum Gasteiger partial charge on any atom is 0.272 e. The number of carboxylic acids is 1. The van der Waals surface area contributed by atoms with E-state index in [0.29, 0.717) is 0 Å². The molecule has 0 bridgehead atoms. The predicted octanol–water partition coefficient (Wildman–Crippen LogP) is -0.204. The Bertz CT molecular complexity index is 784. The fourth-order valence-electron chi connectivity index (χ4n) is 2.15. The van der Waals surface area contributed by atoms with Gasteiger partial charge in [-0.1, -0.05) is 44.2 Å². The molecule has 0 fully saturated rings. The molecule has 1 aromatic carbocycles. The first kappa shape index (κ1) is 17.4. The lowest BCUT2D eigenvalue weighted by Crippen LogP contribution is -2.51. The van der Waals surface area contributed by atoms with Gasteiger partial charge < -0.3 is 15.2 Å². The molecule has 0 unspecified atom stereocenters. The Morgan fingerprint density at radius 3 is 2.42 bits per heavy atom. The minimum absolute atomic E-state index is 0.0302. The topological polar surface area (TPSA) is 104 Å². The van der Waals surface area contributed by atoms with Crippen molar-refractivity contribution in [1.29, 1.82) is 0 Å². The minimum atomic E-state index is -1.36. The number of aliphatic carboxylic acids is 1. The molecule has 2 aromatic rings. The highest BCUT2D eigenvalue weighted by atomic mass is 16.4. The summed E-state index contributed by atoms with van der Waals surface area (Å²) >= 11 is 0. The van der Waals surface area contributed by atoms with Crippen LogP contribution in [-0.4, -0.2) is 27.7 Å². The van der Waals surface area contributed by atoms with Crippen molar-refractivity contribution >= 4 is 11.9 Å². The molecule has 1 heterocycles. The highest BCUT2D eigenvalue weighted by Gasteiger charge is 2.19. The maximum absolute atomic E-state index is 12.2. The van der Waals surface area contributed by atoms with Crippen molar-refractivity contribution in [1.82, 2.24) is 15.1 Å². The van der Waals surface area contributed by atoms with E-state index in [2.05, 4.69) is 10.4 Å². The number of amides is 1. The summed E-state index contributed by atoms with van der Waals surface area (Å²) in [6.07, 6.45) is 0. The summed E-state index contributed by atoms with van der Waals surface area (Å²) in [5.74, 6) is -2.37. The van der Waals surface area contributed by atoms with Crippen LogP contribution in [0.3, 0.4) is 0 Å². The fourth-order valence-corrected chi connectivity index (χ4v) is 2.15. The van der Waals surface area contributed by atoms with E-state index in [1.807, 2.05) is 30.3 Å². The lowest BCUT2D eigenvalue weighted by atomic mass is 10.0. The van der Waals surface area contributed by atoms with Gasteiger partial charge in [-0.2, -0.15) is 5.10 Å². The van der Waals surface area contributed by atoms with Gasteiger partial charge in [0, 0.05) is 6.07 Å². The van der Waals surface area contributed by atoms with Crippen LogP contribution in [-0.2, 0) is 11.3 Å². The number of nitrogens with one attached hydrogen (secondary N) is 1. The molecule has 1 amide bonds. The normalized spacial score (nSPS) is 12.0. The number of benzene rings is 1. The summed E-state index contributed by atoms with van der Waals surface area (Å²) in [5.41, 5.74) is 0.479. The van der Waals surface area contributed by atoms with Gasteiger partial charge in [0.2, 0.25) is 0 Å². The van der Waals surface area contributed by atoms with E-state index < -0.39 is 17.9 Å². The zero-order valence-electron chi connectivity index (χ0n) is 13.4. The zero-order valence-corrected chi connectivity index (χ0v) is 13.4. The van der Waals surface area contributed by atoms with E-state index in [0.717, 1.165) is 10.2 Å². The molecule has 24 heavy (non-hydrogen) atoms. The third-order valence-corrected chi connectivity index (χ3v) is 3.48. The second kappa shape index (κ2) is 7.54. The molecule has 0 radical (unpaired) electrons. The SMILES string of the molecule is CC(C)[C@H](NC(=O)c1ccc(=O)n(Cc2ccccc2)n1)C(=O)[O-]. The molecule has 0 aliphatic rings. The van der Waals surface area contributed by atoms with E-state index in [1.54, 1.807) is 13.8 Å². The van der Waals surface area contributed by atoms with Crippen LogP contribution in [0, 0.1) is 5.92 Å². The van der Waals surface area contributed by atoms with Gasteiger partial charge in [-0.3, -0.25) is 9.59 Å². The fraction of sp³-hybridized carbons (Fsp3) is 0.294. The van der Waals surface area contributed by atoms with Gasteiger partial charge in [0.25, 0.3) is 11.5 Å². The maximum atomic E-state index is 12.2. The van der Waals surface area contributed by atoms with Gasteiger partial charge in [-0.05, 0) is 17.5 Å². The van der Waals surface area contributed by atoms with Gasteiger partial charge in [0.15, 0.2) is 0 Å². The molecule has 7 heteroatoms. The number of rotatable bonds is 6. The Kier molecular flexibility index (Phi) is 5.47. The molecule has 0 saturated carbocycles. The first-order chi connectivity index (χ1) is 11.4. The van der Waals surface area contributed by atoms with E-state index in [9.17, 15) is 19.5 Å². The number of nitrogens with zero attached hydrogens (tertiary/aromatic N) is 2. The molecule has 1 atom stereocenters. The Labute approximate surface area is 138 Å². The second-order valence-electron chi connectivity index (χ2n) is 5.71. The van der Waals surface area contributed by atoms with Crippen molar-refractivity contribution in [3.8, 4) is 0 Å². The number of carbonyl (C=O) groups is 2. The highest BCUT2D eigenvalue weighted by molar-refractivity contribution is 5.94. The lowest BCUT2D eigenvalue weighted by Gasteiger charge is -2.23. The summed E-state index contributed by atoms with van der Waals surface area (Å²) < 4.78 is 1.16. The number of carbonyl (C=O) groups excluding carboxylic acids is 2. The van der Waals surface area contributed by atoms with Crippen LogP contribution in [0.25, 0.3) is 0 Å². The van der Waals surface area contributed by atoms with E-state index >= 15 is 0 Å². The summed E-state index contributed by atoms with van der Waals surface area (Å²) in [7, 11) is 0. The van der Waals surface area contributed by atoms with Crippen molar-refractivity contribution < 1.29 is 14.7 Å². The van der Waals surface area contributed by atoms with Crippen LogP contribution in [0.1, 0.15) is 29.9 Å². The average Bonchev–Trinajstić information content (AvgIpc) is 2.54. The van der Waals surface area contributed by atoms with Crippen molar-refractivity contribution in [2.75, 3.05) is 0 Å². The largest absolute Gasteiger partial charge is 0.548 e. The Morgan fingerprint density at radius 2 is 1.83 bits per heavy atom.